The molecule has 26 heavy (non-hydrogen) atoms. The first-order valence-corrected chi connectivity index (χ1v) is 9.59. The van der Waals surface area contributed by atoms with Crippen molar-refractivity contribution in [2.24, 2.45) is 5.41 Å². The first-order valence-electron chi connectivity index (χ1n) is 8.05. The van der Waals surface area contributed by atoms with Crippen LogP contribution in [0, 0.1) is 5.41 Å². The number of aliphatic carboxylic acids is 1. The minimum absolute atomic E-state index is 0.114. The Kier molecular flexibility index (Phi) is 4.77. The monoisotopic (exact) mass is 376 g/mol. The molecule has 0 amide bonds. The van der Waals surface area contributed by atoms with Crippen molar-refractivity contribution in [3.05, 3.63) is 60.2 Å². The van der Waals surface area contributed by atoms with Crippen molar-refractivity contribution in [2.45, 2.75) is 16.1 Å². The van der Waals surface area contributed by atoms with E-state index in [0.29, 0.717) is 11.3 Å². The molecule has 1 saturated carbocycles. The molecule has 1 fully saturated rings. The fourth-order valence-corrected chi connectivity index (χ4v) is 6.01. The van der Waals surface area contributed by atoms with E-state index in [-0.39, 0.29) is 11.5 Å². The van der Waals surface area contributed by atoms with Gasteiger partial charge in [-0.3, -0.25) is 4.79 Å². The van der Waals surface area contributed by atoms with Crippen LogP contribution in [0.15, 0.2) is 59.5 Å². The molecule has 0 heterocycles. The van der Waals surface area contributed by atoms with Crippen LogP contribution in [0.5, 0.6) is 5.75 Å². The highest BCUT2D eigenvalue weighted by Gasteiger charge is 2.76. The lowest BCUT2D eigenvalue weighted by Crippen LogP contribution is -2.28. The number of rotatable bonds is 7. The van der Waals surface area contributed by atoms with E-state index in [1.165, 1.54) is 26.4 Å². The number of hydrogen-bond donors (Lipinski definition) is 1. The van der Waals surface area contributed by atoms with Crippen molar-refractivity contribution in [1.29, 1.82) is 0 Å². The molecule has 7 heteroatoms. The van der Waals surface area contributed by atoms with Gasteiger partial charge < -0.3 is 14.6 Å². The fraction of sp³-hybridized carbons (Fsp3) is 0.316. The molecule has 2 aromatic carbocycles. The number of carbonyl (C=O) groups is 1. The summed E-state index contributed by atoms with van der Waals surface area (Å²) in [5.74, 6) is -1.26. The van der Waals surface area contributed by atoms with Gasteiger partial charge in [-0.05, 0) is 29.8 Å². The molecule has 138 valence electrons. The van der Waals surface area contributed by atoms with Gasteiger partial charge in [0.05, 0.1) is 23.9 Å². The van der Waals surface area contributed by atoms with Gasteiger partial charge in [0.2, 0.25) is 0 Å². The summed E-state index contributed by atoms with van der Waals surface area (Å²) >= 11 is 0. The van der Waals surface area contributed by atoms with E-state index in [4.69, 9.17) is 9.47 Å². The topological polar surface area (TPSA) is 89.9 Å². The Hall–Kier alpha value is -2.38. The van der Waals surface area contributed by atoms with E-state index < -0.39 is 32.4 Å². The van der Waals surface area contributed by atoms with Gasteiger partial charge in [-0.2, -0.15) is 0 Å². The minimum atomic E-state index is -3.85. The van der Waals surface area contributed by atoms with Crippen LogP contribution in [0.2, 0.25) is 0 Å². The third-order valence-electron chi connectivity index (χ3n) is 4.92. The Labute approximate surface area is 152 Å². The fourth-order valence-electron chi connectivity index (χ4n) is 3.63. The third kappa shape index (κ3) is 2.77. The lowest BCUT2D eigenvalue weighted by Gasteiger charge is -2.12. The molecule has 1 aliphatic rings. The summed E-state index contributed by atoms with van der Waals surface area (Å²) in [6.45, 7) is -0.185. The van der Waals surface area contributed by atoms with E-state index in [1.807, 2.05) is 0 Å². The van der Waals surface area contributed by atoms with Crippen molar-refractivity contribution >= 4 is 15.8 Å². The van der Waals surface area contributed by atoms with Gasteiger partial charge in [0, 0.05) is 13.0 Å². The summed E-state index contributed by atoms with van der Waals surface area (Å²) in [4.78, 5) is 12.2. The van der Waals surface area contributed by atoms with E-state index in [2.05, 4.69) is 0 Å². The predicted octanol–water partition coefficient (Wildman–Crippen LogP) is 2.35. The highest BCUT2D eigenvalue weighted by Crippen LogP contribution is 2.64. The summed E-state index contributed by atoms with van der Waals surface area (Å²) in [6, 6.07) is 14.7. The average Bonchev–Trinajstić information content (AvgIpc) is 3.34. The second kappa shape index (κ2) is 6.74. The number of hydrogen-bond acceptors (Lipinski definition) is 5. The van der Waals surface area contributed by atoms with Gasteiger partial charge in [0.15, 0.2) is 9.84 Å². The first kappa shape index (κ1) is 18.4. The molecular weight excluding hydrogens is 356 g/mol. The maximum atomic E-state index is 13.2. The maximum absolute atomic E-state index is 13.2. The Morgan fingerprint density at radius 1 is 1.08 bits per heavy atom. The second-order valence-corrected chi connectivity index (χ2v) is 8.38. The zero-order valence-electron chi connectivity index (χ0n) is 14.5. The van der Waals surface area contributed by atoms with Crippen molar-refractivity contribution in [3.63, 3.8) is 0 Å². The Bertz CT molecular complexity index is 891. The molecule has 0 bridgehead atoms. The van der Waals surface area contributed by atoms with Crippen LogP contribution in [0.4, 0.5) is 0 Å². The van der Waals surface area contributed by atoms with Crippen LogP contribution in [0.25, 0.3) is 0 Å². The molecule has 3 rings (SSSR count). The zero-order chi connectivity index (χ0) is 18.9. The van der Waals surface area contributed by atoms with Crippen LogP contribution in [0.1, 0.15) is 11.5 Å². The number of sulfone groups is 1. The standard InChI is InChI=1S/C19H20O6S/c1-24-12-19(18(20)21)16(13-8-10-14(25-2)11-9-13)17(19)26(22,23)15-6-4-3-5-7-15/h3-11,16-17H,12H2,1-2H3,(H,20,21)/t16-,17+,19-/m1/s1. The Morgan fingerprint density at radius 2 is 1.69 bits per heavy atom. The minimum Gasteiger partial charge on any atom is -0.497 e. The van der Waals surface area contributed by atoms with Crippen molar-refractivity contribution in [1.82, 2.24) is 0 Å². The molecule has 0 aromatic heterocycles. The molecule has 0 radical (unpaired) electrons. The van der Waals surface area contributed by atoms with Gasteiger partial charge in [-0.15, -0.1) is 0 Å². The summed E-state index contributed by atoms with van der Waals surface area (Å²) in [5.41, 5.74) is -0.882. The summed E-state index contributed by atoms with van der Waals surface area (Å²) < 4.78 is 36.5. The van der Waals surface area contributed by atoms with Gasteiger partial charge in [-0.1, -0.05) is 30.3 Å². The quantitative estimate of drug-likeness (QED) is 0.798. The molecule has 2 aromatic rings. The number of methoxy groups -OCH3 is 2. The number of benzene rings is 2. The molecule has 1 N–H and O–H groups in total. The first-order chi connectivity index (χ1) is 12.4. The largest absolute Gasteiger partial charge is 0.497 e. The second-order valence-electron chi connectivity index (χ2n) is 6.31. The predicted molar refractivity (Wildman–Crippen MR) is 95.1 cm³/mol. The lowest BCUT2D eigenvalue weighted by molar-refractivity contribution is -0.145. The Morgan fingerprint density at radius 3 is 2.19 bits per heavy atom. The van der Waals surface area contributed by atoms with Crippen LogP contribution in [-0.4, -0.2) is 45.6 Å². The van der Waals surface area contributed by atoms with Gasteiger partial charge in [-0.25, -0.2) is 8.42 Å². The maximum Gasteiger partial charge on any atom is 0.314 e. The molecule has 0 unspecified atom stereocenters. The number of carboxylic acid groups (broad SMARTS) is 1. The van der Waals surface area contributed by atoms with Crippen LogP contribution in [0.3, 0.4) is 0 Å². The average molecular weight is 376 g/mol. The van der Waals surface area contributed by atoms with E-state index >= 15 is 0 Å². The normalized spacial score (nSPS) is 24.8. The summed E-state index contributed by atoms with van der Waals surface area (Å²) in [7, 11) is -0.941. The molecule has 3 atom stereocenters. The zero-order valence-corrected chi connectivity index (χ0v) is 15.3. The summed E-state index contributed by atoms with van der Waals surface area (Å²) in [5, 5.41) is 8.78. The van der Waals surface area contributed by atoms with Crippen molar-refractivity contribution in [3.8, 4) is 5.75 Å². The van der Waals surface area contributed by atoms with Gasteiger partial charge in [0.25, 0.3) is 0 Å². The number of ether oxygens (including phenoxy) is 2. The van der Waals surface area contributed by atoms with Gasteiger partial charge in [0.1, 0.15) is 11.2 Å². The highest BCUT2D eigenvalue weighted by molar-refractivity contribution is 7.92. The molecule has 6 nitrogen and oxygen atoms in total. The van der Waals surface area contributed by atoms with Crippen LogP contribution < -0.4 is 4.74 Å². The summed E-state index contributed by atoms with van der Waals surface area (Å²) in [6.07, 6.45) is 0. The van der Waals surface area contributed by atoms with Crippen LogP contribution in [-0.2, 0) is 19.4 Å². The lowest BCUT2D eigenvalue weighted by atomic mass is 10.00. The van der Waals surface area contributed by atoms with Crippen molar-refractivity contribution < 1.29 is 27.8 Å². The molecule has 1 aliphatic carbocycles. The molecule has 0 saturated heterocycles. The molecule has 0 spiro atoms. The van der Waals surface area contributed by atoms with Gasteiger partial charge >= 0.3 is 5.97 Å². The van der Waals surface area contributed by atoms with Crippen LogP contribution >= 0.6 is 0 Å². The van der Waals surface area contributed by atoms with Crippen molar-refractivity contribution in [2.75, 3.05) is 20.8 Å². The third-order valence-corrected chi connectivity index (χ3v) is 7.21. The smallest absolute Gasteiger partial charge is 0.314 e. The van der Waals surface area contributed by atoms with E-state index in [0.717, 1.165) is 0 Å². The van der Waals surface area contributed by atoms with E-state index in [1.54, 1.807) is 42.5 Å². The highest BCUT2D eigenvalue weighted by atomic mass is 32.2. The number of carboxylic acids is 1. The Balaban J connectivity index is 2.09. The molecular formula is C19H20O6S. The molecule has 0 aliphatic heterocycles. The van der Waals surface area contributed by atoms with E-state index in [9.17, 15) is 18.3 Å². The SMILES string of the molecule is COC[C@@]1(C(=O)O)[C@H](c2ccc(OC)cc2)[C@@H]1S(=O)(=O)c1ccccc1.